The fraction of sp³-hybridized carbons (Fsp3) is 0.0333. The molecule has 0 aliphatic heterocycles. The molecule has 0 radical (unpaired) electrons. The molecule has 0 bridgehead atoms. The lowest BCUT2D eigenvalue weighted by Gasteiger charge is -2.03. The van der Waals surface area contributed by atoms with Crippen LogP contribution < -0.4 is 5.43 Å². The monoisotopic (exact) mass is 518 g/mol. The third-order valence-electron chi connectivity index (χ3n) is 6.02. The first-order chi connectivity index (χ1) is 18.2. The van der Waals surface area contributed by atoms with Gasteiger partial charge in [-0.2, -0.15) is 5.10 Å². The van der Waals surface area contributed by atoms with Crippen LogP contribution in [0.1, 0.15) is 21.5 Å². The summed E-state index contributed by atoms with van der Waals surface area (Å²) in [5.41, 5.74) is 9.39. The van der Waals surface area contributed by atoms with Crippen LogP contribution in [-0.4, -0.2) is 22.1 Å². The van der Waals surface area contributed by atoms with Gasteiger partial charge in [0.05, 0.1) is 22.1 Å². The highest BCUT2D eigenvalue weighted by Crippen LogP contribution is 2.31. The largest absolute Gasteiger partial charge is 0.354 e. The smallest absolute Gasteiger partial charge is 0.271 e. The lowest BCUT2D eigenvalue weighted by Crippen LogP contribution is -2.17. The molecular weight excluding hydrogens is 496 g/mol. The Bertz CT molecular complexity index is 1690. The topological polar surface area (TPSA) is 70.1 Å². The van der Waals surface area contributed by atoms with Gasteiger partial charge in [-0.1, -0.05) is 84.6 Å². The molecule has 6 rings (SSSR count). The zero-order chi connectivity index (χ0) is 25.0. The van der Waals surface area contributed by atoms with Crippen LogP contribution in [0.4, 0.5) is 0 Å². The van der Waals surface area contributed by atoms with Gasteiger partial charge in [-0.25, -0.2) is 10.4 Å². The highest BCUT2D eigenvalue weighted by Gasteiger charge is 2.12. The van der Waals surface area contributed by atoms with Gasteiger partial charge in [-0.15, -0.1) is 11.3 Å². The van der Waals surface area contributed by atoms with Crippen molar-refractivity contribution in [1.82, 2.24) is 15.4 Å². The number of benzene rings is 4. The molecule has 37 heavy (non-hydrogen) atoms. The molecule has 0 saturated heterocycles. The first kappa shape index (κ1) is 23.2. The van der Waals surface area contributed by atoms with Crippen molar-refractivity contribution in [3.05, 3.63) is 120 Å². The maximum absolute atomic E-state index is 12.7. The maximum atomic E-state index is 12.7. The number of aromatic amines is 1. The van der Waals surface area contributed by atoms with E-state index in [1.807, 2.05) is 84.9 Å². The van der Waals surface area contributed by atoms with Crippen molar-refractivity contribution < 1.29 is 4.79 Å². The Morgan fingerprint density at radius 3 is 2.51 bits per heavy atom. The number of hydrazone groups is 1. The summed E-state index contributed by atoms with van der Waals surface area (Å²) < 4.78 is 2.24. The molecule has 0 aliphatic rings. The Morgan fingerprint density at radius 2 is 1.68 bits per heavy atom. The van der Waals surface area contributed by atoms with Crippen molar-refractivity contribution in [2.45, 2.75) is 10.1 Å². The molecule has 0 spiro atoms. The number of rotatable bonds is 7. The lowest BCUT2D eigenvalue weighted by molar-refractivity contribution is 0.0955. The van der Waals surface area contributed by atoms with E-state index < -0.39 is 0 Å². The van der Waals surface area contributed by atoms with E-state index in [0.29, 0.717) is 5.56 Å². The van der Waals surface area contributed by atoms with Gasteiger partial charge < -0.3 is 4.98 Å². The second-order valence-electron chi connectivity index (χ2n) is 8.46. The number of carbonyl (C=O) groups excluding carboxylic acids is 1. The Labute approximate surface area is 222 Å². The van der Waals surface area contributed by atoms with Gasteiger partial charge in [0.15, 0.2) is 4.34 Å². The SMILES string of the molecule is O=C(N/N=C\c1c(-c2ccccc2)[nH]c2ccccc12)c1ccc(CSc2nc3ccccc3s2)cc1. The molecule has 7 heteroatoms. The summed E-state index contributed by atoms with van der Waals surface area (Å²) >= 11 is 3.41. The molecule has 0 saturated carbocycles. The minimum absolute atomic E-state index is 0.247. The number of hydrogen-bond donors (Lipinski definition) is 2. The standard InChI is InChI=1S/C30H22N4OS2/c35-29(22-16-14-20(15-17-22)19-36-30-33-26-12-6-7-13-27(26)37-30)34-31-18-24-23-10-4-5-11-25(23)32-28(24)21-8-2-1-3-9-21/h1-18,32H,19H2,(H,34,35)/b31-18-. The van der Waals surface area contributed by atoms with E-state index in [1.54, 1.807) is 29.3 Å². The number of fused-ring (bicyclic) bond motifs is 2. The molecule has 0 aliphatic carbocycles. The average Bonchev–Trinajstić information content (AvgIpc) is 3.54. The van der Waals surface area contributed by atoms with Crippen molar-refractivity contribution >= 4 is 56.3 Å². The number of aromatic nitrogens is 2. The van der Waals surface area contributed by atoms with Crippen molar-refractivity contribution in [2.75, 3.05) is 0 Å². The lowest BCUT2D eigenvalue weighted by atomic mass is 10.1. The number of hydrogen-bond acceptors (Lipinski definition) is 5. The van der Waals surface area contributed by atoms with E-state index in [-0.39, 0.29) is 5.91 Å². The minimum Gasteiger partial charge on any atom is -0.354 e. The third-order valence-corrected chi connectivity index (χ3v) is 8.27. The molecule has 2 N–H and O–H groups in total. The molecular formula is C30H22N4OS2. The van der Waals surface area contributed by atoms with Gasteiger partial charge in [0, 0.05) is 27.8 Å². The van der Waals surface area contributed by atoms with Crippen LogP contribution >= 0.6 is 23.1 Å². The fourth-order valence-corrected chi connectivity index (χ4v) is 6.18. The first-order valence-corrected chi connectivity index (χ1v) is 13.6. The van der Waals surface area contributed by atoms with Crippen LogP contribution in [-0.2, 0) is 5.75 Å². The zero-order valence-electron chi connectivity index (χ0n) is 19.7. The van der Waals surface area contributed by atoms with Gasteiger partial charge >= 0.3 is 0 Å². The third kappa shape index (κ3) is 5.05. The van der Waals surface area contributed by atoms with E-state index in [2.05, 4.69) is 38.7 Å². The molecule has 0 unspecified atom stereocenters. The zero-order valence-corrected chi connectivity index (χ0v) is 21.4. The predicted octanol–water partition coefficient (Wildman–Crippen LogP) is 7.50. The second kappa shape index (κ2) is 10.4. The van der Waals surface area contributed by atoms with Gasteiger partial charge in [0.1, 0.15) is 0 Å². The Morgan fingerprint density at radius 1 is 0.919 bits per heavy atom. The molecule has 5 nitrogen and oxygen atoms in total. The fourth-order valence-electron chi connectivity index (χ4n) is 4.16. The highest BCUT2D eigenvalue weighted by molar-refractivity contribution is 8.00. The van der Waals surface area contributed by atoms with Gasteiger partial charge in [0.25, 0.3) is 5.91 Å². The first-order valence-electron chi connectivity index (χ1n) is 11.8. The maximum Gasteiger partial charge on any atom is 0.271 e. The summed E-state index contributed by atoms with van der Waals surface area (Å²) in [7, 11) is 0. The Hall–Kier alpha value is -4.20. The Kier molecular flexibility index (Phi) is 6.54. The molecule has 0 fully saturated rings. The summed E-state index contributed by atoms with van der Waals surface area (Å²) in [5.74, 6) is 0.547. The molecule has 6 aromatic rings. The number of nitrogens with zero attached hydrogens (tertiary/aromatic N) is 2. The average molecular weight is 519 g/mol. The number of nitrogens with one attached hydrogen (secondary N) is 2. The quantitative estimate of drug-likeness (QED) is 0.131. The number of para-hydroxylation sites is 2. The molecule has 2 heterocycles. The van der Waals surface area contributed by atoms with Crippen molar-refractivity contribution in [3.8, 4) is 11.3 Å². The number of thioether (sulfide) groups is 1. The van der Waals surface area contributed by atoms with E-state index in [0.717, 1.165) is 48.9 Å². The van der Waals surface area contributed by atoms with Crippen LogP contribution in [0.25, 0.3) is 32.4 Å². The predicted molar refractivity (Wildman–Crippen MR) is 154 cm³/mol. The van der Waals surface area contributed by atoms with Crippen molar-refractivity contribution in [3.63, 3.8) is 0 Å². The number of H-pyrrole nitrogens is 1. The van der Waals surface area contributed by atoms with Crippen LogP contribution in [0, 0.1) is 0 Å². The molecule has 1 amide bonds. The van der Waals surface area contributed by atoms with E-state index in [4.69, 9.17) is 0 Å². The van der Waals surface area contributed by atoms with Crippen molar-refractivity contribution in [1.29, 1.82) is 0 Å². The minimum atomic E-state index is -0.247. The van der Waals surface area contributed by atoms with Crippen molar-refractivity contribution in [2.24, 2.45) is 5.10 Å². The highest BCUT2D eigenvalue weighted by atomic mass is 32.2. The van der Waals surface area contributed by atoms with Crippen LogP contribution in [0.15, 0.2) is 113 Å². The molecule has 4 aromatic carbocycles. The van der Waals surface area contributed by atoms with E-state index in [9.17, 15) is 4.79 Å². The number of amides is 1. The number of thiazole rings is 1. The molecule has 0 atom stereocenters. The van der Waals surface area contributed by atoms with Gasteiger partial charge in [-0.3, -0.25) is 4.79 Å². The second-order valence-corrected chi connectivity index (χ2v) is 10.7. The van der Waals surface area contributed by atoms with Crippen LogP contribution in [0.5, 0.6) is 0 Å². The van der Waals surface area contributed by atoms with Crippen LogP contribution in [0.3, 0.4) is 0 Å². The summed E-state index contributed by atoms with van der Waals surface area (Å²) in [6.07, 6.45) is 1.71. The molecule has 180 valence electrons. The Balaban J connectivity index is 1.13. The normalized spacial score (nSPS) is 11.5. The summed E-state index contributed by atoms with van der Waals surface area (Å²) in [5, 5.41) is 5.34. The van der Waals surface area contributed by atoms with Gasteiger partial charge in [0.2, 0.25) is 0 Å². The summed E-state index contributed by atoms with van der Waals surface area (Å²) in [6.45, 7) is 0. The number of carbonyl (C=O) groups is 1. The summed E-state index contributed by atoms with van der Waals surface area (Å²) in [4.78, 5) is 20.9. The van der Waals surface area contributed by atoms with Crippen LogP contribution in [0.2, 0.25) is 0 Å². The van der Waals surface area contributed by atoms with E-state index in [1.165, 1.54) is 4.70 Å². The van der Waals surface area contributed by atoms with Gasteiger partial charge in [-0.05, 0) is 41.5 Å². The molecule has 2 aromatic heterocycles. The summed E-state index contributed by atoms with van der Waals surface area (Å²) in [6, 6.07) is 34.0. The van der Waals surface area contributed by atoms with E-state index >= 15 is 0 Å².